The number of carbonyl (C=O) groups is 1. The first-order valence-electron chi connectivity index (χ1n) is 8.72. The van der Waals surface area contributed by atoms with E-state index in [1.807, 2.05) is 0 Å². The molecule has 1 amide bonds. The van der Waals surface area contributed by atoms with E-state index in [1.54, 1.807) is 0 Å². The third kappa shape index (κ3) is 3.78. The molecule has 1 aliphatic heterocycles. The van der Waals surface area contributed by atoms with Crippen molar-refractivity contribution in [1.82, 2.24) is 9.80 Å². The van der Waals surface area contributed by atoms with E-state index >= 15 is 0 Å². The molecule has 2 N–H and O–H groups in total. The summed E-state index contributed by atoms with van der Waals surface area (Å²) < 4.78 is 0. The van der Waals surface area contributed by atoms with E-state index in [4.69, 9.17) is 5.73 Å². The van der Waals surface area contributed by atoms with Crippen molar-refractivity contribution in [3.8, 4) is 0 Å². The van der Waals surface area contributed by atoms with Crippen molar-refractivity contribution in [2.45, 2.75) is 59.0 Å². The van der Waals surface area contributed by atoms with Crippen molar-refractivity contribution < 1.29 is 4.79 Å². The minimum absolute atomic E-state index is 0.145. The standard InChI is InChI=1S/C17H33N3O/c1-5-14(4)19-6-8-20(9-7-19)17(21)15-11-16(18)13(3)10-12(15)2/h12-16H,5-11,18H2,1-4H3. The molecule has 4 nitrogen and oxygen atoms in total. The average Bonchev–Trinajstić information content (AvgIpc) is 2.49. The molecule has 5 unspecified atom stereocenters. The molecular weight excluding hydrogens is 262 g/mol. The smallest absolute Gasteiger partial charge is 0.226 e. The summed E-state index contributed by atoms with van der Waals surface area (Å²) in [7, 11) is 0. The lowest BCUT2D eigenvalue weighted by molar-refractivity contribution is -0.141. The maximum atomic E-state index is 12.8. The number of nitrogens with two attached hydrogens (primary N) is 1. The van der Waals surface area contributed by atoms with Crippen LogP contribution in [0.4, 0.5) is 0 Å². The molecule has 122 valence electrons. The molecule has 1 aliphatic carbocycles. The molecule has 0 aromatic carbocycles. The van der Waals surface area contributed by atoms with Crippen molar-refractivity contribution in [3.63, 3.8) is 0 Å². The predicted molar refractivity (Wildman–Crippen MR) is 86.9 cm³/mol. The molecule has 21 heavy (non-hydrogen) atoms. The summed E-state index contributed by atoms with van der Waals surface area (Å²) >= 11 is 0. The van der Waals surface area contributed by atoms with Gasteiger partial charge in [-0.15, -0.1) is 0 Å². The Labute approximate surface area is 130 Å². The normalized spacial score (nSPS) is 36.5. The number of hydrogen-bond acceptors (Lipinski definition) is 3. The van der Waals surface area contributed by atoms with Gasteiger partial charge in [0.1, 0.15) is 0 Å². The summed E-state index contributed by atoms with van der Waals surface area (Å²) in [5.41, 5.74) is 6.20. The molecule has 2 fully saturated rings. The molecule has 4 heteroatoms. The Morgan fingerprint density at radius 1 is 1.14 bits per heavy atom. The topological polar surface area (TPSA) is 49.6 Å². The van der Waals surface area contributed by atoms with Crippen LogP contribution in [0, 0.1) is 17.8 Å². The van der Waals surface area contributed by atoms with Crippen LogP contribution in [0.25, 0.3) is 0 Å². The second kappa shape index (κ2) is 7.10. The molecule has 0 bridgehead atoms. The van der Waals surface area contributed by atoms with Gasteiger partial charge >= 0.3 is 0 Å². The molecule has 2 aliphatic rings. The van der Waals surface area contributed by atoms with Crippen molar-refractivity contribution in [2.24, 2.45) is 23.5 Å². The van der Waals surface area contributed by atoms with E-state index in [2.05, 4.69) is 37.5 Å². The van der Waals surface area contributed by atoms with Crippen LogP contribution in [-0.2, 0) is 4.79 Å². The van der Waals surface area contributed by atoms with Crippen LogP contribution < -0.4 is 5.73 Å². The number of nitrogens with zero attached hydrogens (tertiary/aromatic N) is 2. The Bertz CT molecular complexity index is 352. The lowest BCUT2D eigenvalue weighted by Crippen LogP contribution is -2.54. The van der Waals surface area contributed by atoms with E-state index in [9.17, 15) is 4.79 Å². The zero-order chi connectivity index (χ0) is 15.6. The number of piperazine rings is 1. The second-order valence-corrected chi connectivity index (χ2v) is 7.31. The van der Waals surface area contributed by atoms with E-state index < -0.39 is 0 Å². The maximum absolute atomic E-state index is 12.8. The number of carbonyl (C=O) groups excluding carboxylic acids is 1. The molecule has 0 aromatic heterocycles. The summed E-state index contributed by atoms with van der Waals surface area (Å²) in [5.74, 6) is 1.52. The minimum Gasteiger partial charge on any atom is -0.340 e. The maximum Gasteiger partial charge on any atom is 0.226 e. The molecule has 0 radical (unpaired) electrons. The highest BCUT2D eigenvalue weighted by atomic mass is 16.2. The molecule has 0 aromatic rings. The Morgan fingerprint density at radius 2 is 1.76 bits per heavy atom. The molecule has 5 atom stereocenters. The van der Waals surface area contributed by atoms with Crippen LogP contribution in [0.3, 0.4) is 0 Å². The van der Waals surface area contributed by atoms with Gasteiger partial charge in [-0.05, 0) is 38.0 Å². The van der Waals surface area contributed by atoms with E-state index in [0.29, 0.717) is 23.8 Å². The fraction of sp³-hybridized carbons (Fsp3) is 0.941. The Balaban J connectivity index is 1.90. The van der Waals surface area contributed by atoms with Crippen molar-refractivity contribution in [1.29, 1.82) is 0 Å². The second-order valence-electron chi connectivity index (χ2n) is 7.31. The number of amides is 1. The van der Waals surface area contributed by atoms with Gasteiger partial charge in [-0.3, -0.25) is 9.69 Å². The Hall–Kier alpha value is -0.610. The summed E-state index contributed by atoms with van der Waals surface area (Å²) in [4.78, 5) is 17.4. The van der Waals surface area contributed by atoms with Gasteiger partial charge in [0, 0.05) is 44.2 Å². The lowest BCUT2D eigenvalue weighted by Gasteiger charge is -2.42. The van der Waals surface area contributed by atoms with Crippen LogP contribution in [0.5, 0.6) is 0 Å². The molecule has 1 heterocycles. The quantitative estimate of drug-likeness (QED) is 0.865. The average molecular weight is 295 g/mol. The van der Waals surface area contributed by atoms with Gasteiger partial charge in [0.25, 0.3) is 0 Å². The first-order chi connectivity index (χ1) is 9.93. The van der Waals surface area contributed by atoms with Crippen molar-refractivity contribution >= 4 is 5.91 Å². The fourth-order valence-corrected chi connectivity index (χ4v) is 3.90. The monoisotopic (exact) mass is 295 g/mol. The van der Waals surface area contributed by atoms with Gasteiger partial charge in [-0.2, -0.15) is 0 Å². The summed E-state index contributed by atoms with van der Waals surface area (Å²) in [6, 6.07) is 0.821. The van der Waals surface area contributed by atoms with Crippen molar-refractivity contribution in [2.75, 3.05) is 26.2 Å². The Morgan fingerprint density at radius 3 is 2.33 bits per heavy atom. The highest BCUT2D eigenvalue weighted by Crippen LogP contribution is 2.34. The van der Waals surface area contributed by atoms with E-state index in [1.165, 1.54) is 6.42 Å². The van der Waals surface area contributed by atoms with Gasteiger partial charge < -0.3 is 10.6 Å². The summed E-state index contributed by atoms with van der Waals surface area (Å²) in [6.45, 7) is 12.8. The minimum atomic E-state index is 0.145. The van der Waals surface area contributed by atoms with E-state index in [0.717, 1.165) is 39.0 Å². The van der Waals surface area contributed by atoms with Gasteiger partial charge in [0.15, 0.2) is 0 Å². The van der Waals surface area contributed by atoms with Crippen LogP contribution >= 0.6 is 0 Å². The first-order valence-corrected chi connectivity index (χ1v) is 8.72. The van der Waals surface area contributed by atoms with Crippen LogP contribution in [-0.4, -0.2) is 54.0 Å². The van der Waals surface area contributed by atoms with Crippen LogP contribution in [0.15, 0.2) is 0 Å². The number of rotatable bonds is 3. The molecule has 0 spiro atoms. The predicted octanol–water partition coefficient (Wildman–Crippen LogP) is 1.94. The van der Waals surface area contributed by atoms with E-state index in [-0.39, 0.29) is 12.0 Å². The van der Waals surface area contributed by atoms with Gasteiger partial charge in [0.2, 0.25) is 5.91 Å². The first kappa shape index (κ1) is 16.8. The summed E-state index contributed by atoms with van der Waals surface area (Å²) in [6.07, 6.45) is 3.14. The lowest BCUT2D eigenvalue weighted by atomic mass is 9.72. The molecule has 1 saturated carbocycles. The number of hydrogen-bond donors (Lipinski definition) is 1. The fourth-order valence-electron chi connectivity index (χ4n) is 3.90. The van der Waals surface area contributed by atoms with Gasteiger partial charge in [0.05, 0.1) is 0 Å². The summed E-state index contributed by atoms with van der Waals surface area (Å²) in [5, 5.41) is 0. The van der Waals surface area contributed by atoms with Crippen LogP contribution in [0.2, 0.25) is 0 Å². The Kier molecular flexibility index (Phi) is 5.67. The van der Waals surface area contributed by atoms with Gasteiger partial charge in [-0.1, -0.05) is 20.8 Å². The zero-order valence-electron chi connectivity index (χ0n) is 14.2. The highest BCUT2D eigenvalue weighted by Gasteiger charge is 2.37. The van der Waals surface area contributed by atoms with Crippen molar-refractivity contribution in [3.05, 3.63) is 0 Å². The SMILES string of the molecule is CCC(C)N1CCN(C(=O)C2CC(N)C(C)CC2C)CC1. The molecular formula is C17H33N3O. The molecule has 1 saturated heterocycles. The third-order valence-corrected chi connectivity index (χ3v) is 5.84. The van der Waals surface area contributed by atoms with Gasteiger partial charge in [-0.25, -0.2) is 0 Å². The van der Waals surface area contributed by atoms with Crippen LogP contribution in [0.1, 0.15) is 47.0 Å². The zero-order valence-corrected chi connectivity index (χ0v) is 14.2. The highest BCUT2D eigenvalue weighted by molar-refractivity contribution is 5.79. The third-order valence-electron chi connectivity index (χ3n) is 5.84. The largest absolute Gasteiger partial charge is 0.340 e. The molecule has 2 rings (SSSR count).